The third-order valence-corrected chi connectivity index (χ3v) is 8.00. The van der Waals surface area contributed by atoms with E-state index in [2.05, 4.69) is 6.26 Å². The average molecular weight is 250 g/mol. The van der Waals surface area contributed by atoms with Crippen LogP contribution in [0.15, 0.2) is 23.1 Å². The summed E-state index contributed by atoms with van der Waals surface area (Å²) in [6.07, 6.45) is 2.07. The summed E-state index contributed by atoms with van der Waals surface area (Å²) in [5, 5.41) is 9.74. The van der Waals surface area contributed by atoms with Gasteiger partial charge in [0.15, 0.2) is 0 Å². The molecule has 72 valence electrons. The van der Waals surface area contributed by atoms with Gasteiger partial charge in [0.1, 0.15) is 5.75 Å². The molecule has 0 amide bonds. The molecule has 0 fully saturated rings. The van der Waals surface area contributed by atoms with Crippen LogP contribution in [-0.2, 0) is 38.4 Å². The number of phenolic OH excluding ortho intramolecular Hbond substituents is 1. The van der Waals surface area contributed by atoms with Crippen molar-refractivity contribution in [2.45, 2.75) is 11.8 Å². The van der Waals surface area contributed by atoms with E-state index in [1.807, 2.05) is 25.1 Å². The minimum Gasteiger partial charge on any atom is -0.506 e. The van der Waals surface area contributed by atoms with Crippen LogP contribution < -0.4 is 0 Å². The first-order chi connectivity index (χ1) is 6.16. The fraction of sp³-hybridized carbons (Fsp3) is 0.250. The van der Waals surface area contributed by atoms with E-state index in [1.54, 1.807) is 8.88 Å². The van der Waals surface area contributed by atoms with Crippen molar-refractivity contribution in [2.24, 2.45) is 0 Å². The topological polar surface area (TPSA) is 20.2 Å². The second kappa shape index (κ2) is 5.05. The first kappa shape index (κ1) is 11.1. The van der Waals surface area contributed by atoms with Crippen molar-refractivity contribution in [3.05, 3.63) is 23.8 Å². The molecule has 1 nitrogen and oxygen atoms in total. The number of hydrogen-bond donors (Lipinski definition) is 1. The van der Waals surface area contributed by atoms with Crippen LogP contribution in [0.5, 0.6) is 5.75 Å². The van der Waals surface area contributed by atoms with Gasteiger partial charge in [-0.25, -0.2) is 0 Å². The zero-order valence-corrected chi connectivity index (χ0v) is 10.6. The second-order valence-electron chi connectivity index (χ2n) is 2.51. The van der Waals surface area contributed by atoms with Crippen LogP contribution in [0.2, 0.25) is 0 Å². The minimum atomic E-state index is -0.0298. The molecule has 0 aromatic heterocycles. The molecular formula is C8H10OS4. The number of aryl methyl sites for hydroxylation is 1. The van der Waals surface area contributed by atoms with E-state index in [0.717, 1.165) is 10.5 Å². The molecule has 0 aliphatic carbocycles. The van der Waals surface area contributed by atoms with Gasteiger partial charge < -0.3 is 5.11 Å². The third-order valence-electron chi connectivity index (χ3n) is 1.64. The summed E-state index contributed by atoms with van der Waals surface area (Å²) in [6.45, 7) is 1.90. The Morgan fingerprint density at radius 2 is 2.15 bits per heavy atom. The molecule has 1 aromatic carbocycles. The van der Waals surface area contributed by atoms with Crippen LogP contribution in [0.25, 0.3) is 0 Å². The Labute approximate surface area is 90.8 Å². The summed E-state index contributed by atoms with van der Waals surface area (Å²) in [5.74, 6) is 0.407. The quantitative estimate of drug-likeness (QED) is 0.820. The van der Waals surface area contributed by atoms with Crippen LogP contribution in [0.1, 0.15) is 5.56 Å². The van der Waals surface area contributed by atoms with Crippen LogP contribution in [-0.4, -0.2) is 11.4 Å². The van der Waals surface area contributed by atoms with Crippen molar-refractivity contribution in [1.29, 1.82) is 0 Å². The van der Waals surface area contributed by atoms with Crippen molar-refractivity contribution >= 4 is 38.4 Å². The van der Waals surface area contributed by atoms with E-state index in [0.29, 0.717) is 5.75 Å². The molecule has 13 heavy (non-hydrogen) atoms. The Hall–Kier alpha value is 0.0300. The van der Waals surface area contributed by atoms with E-state index in [1.165, 1.54) is 8.88 Å². The highest BCUT2D eigenvalue weighted by molar-refractivity contribution is 8.58. The van der Waals surface area contributed by atoms with Gasteiger partial charge in [-0.2, -0.15) is 0 Å². The summed E-state index contributed by atoms with van der Waals surface area (Å²) < 4.78 is 0. The SMILES string of the molecule is Cc1cccc(S(C)=S=S=S)c1O. The summed E-state index contributed by atoms with van der Waals surface area (Å²) in [6, 6.07) is 5.81. The van der Waals surface area contributed by atoms with Crippen molar-refractivity contribution in [3.8, 4) is 5.75 Å². The van der Waals surface area contributed by atoms with E-state index in [9.17, 15) is 5.11 Å². The molecular weight excluding hydrogens is 240 g/mol. The normalized spacial score (nSPS) is 12.2. The number of rotatable bonds is 1. The number of para-hydroxylation sites is 1. The third kappa shape index (κ3) is 2.74. The molecule has 1 atom stereocenters. The molecule has 1 rings (SSSR count). The van der Waals surface area contributed by atoms with Crippen LogP contribution in [0.4, 0.5) is 0 Å². The lowest BCUT2D eigenvalue weighted by Crippen LogP contribution is -1.88. The Morgan fingerprint density at radius 1 is 1.46 bits per heavy atom. The van der Waals surface area contributed by atoms with E-state index in [-0.39, 0.29) is 9.45 Å². The molecule has 1 N–H and O–H groups in total. The lowest BCUT2D eigenvalue weighted by atomic mass is 10.2. The van der Waals surface area contributed by atoms with Gasteiger partial charge in [-0.3, -0.25) is 0 Å². The van der Waals surface area contributed by atoms with Gasteiger partial charge in [-0.15, -0.1) is 0 Å². The van der Waals surface area contributed by atoms with Crippen molar-refractivity contribution in [2.75, 3.05) is 6.26 Å². The van der Waals surface area contributed by atoms with Gasteiger partial charge in [0.2, 0.25) is 0 Å². The molecule has 5 heteroatoms. The molecule has 0 aliphatic rings. The van der Waals surface area contributed by atoms with Gasteiger partial charge in [0.05, 0.1) is 4.90 Å². The summed E-state index contributed by atoms with van der Waals surface area (Å²) >= 11 is 4.81. The molecule has 0 aliphatic heterocycles. The van der Waals surface area contributed by atoms with Crippen LogP contribution >= 0.6 is 0 Å². The van der Waals surface area contributed by atoms with Gasteiger partial charge in [-0.05, 0) is 53.8 Å². The first-order valence-electron chi connectivity index (χ1n) is 3.58. The predicted molar refractivity (Wildman–Crippen MR) is 66.5 cm³/mol. The van der Waals surface area contributed by atoms with Crippen molar-refractivity contribution < 1.29 is 5.11 Å². The number of benzene rings is 1. The summed E-state index contributed by atoms with van der Waals surface area (Å²) in [4.78, 5) is 0.988. The first-order valence-corrected chi connectivity index (χ1v) is 8.80. The Balaban J connectivity index is 3.39. The van der Waals surface area contributed by atoms with E-state index < -0.39 is 0 Å². The number of aromatic hydroxyl groups is 1. The maximum Gasteiger partial charge on any atom is 0.132 e. The van der Waals surface area contributed by atoms with E-state index >= 15 is 0 Å². The Bertz CT molecular complexity index is 414. The van der Waals surface area contributed by atoms with Gasteiger partial charge in [0.25, 0.3) is 0 Å². The predicted octanol–water partition coefficient (Wildman–Crippen LogP) is 1.76. The summed E-state index contributed by atoms with van der Waals surface area (Å²) in [7, 11) is 2.90. The molecule has 0 radical (unpaired) electrons. The van der Waals surface area contributed by atoms with Crippen LogP contribution in [0, 0.1) is 6.92 Å². The zero-order chi connectivity index (χ0) is 9.84. The van der Waals surface area contributed by atoms with Gasteiger partial charge >= 0.3 is 0 Å². The maximum absolute atomic E-state index is 9.74. The molecule has 1 unspecified atom stereocenters. The summed E-state index contributed by atoms with van der Waals surface area (Å²) in [5.41, 5.74) is 0.923. The number of hydrogen-bond acceptors (Lipinski definition) is 2. The monoisotopic (exact) mass is 250 g/mol. The maximum atomic E-state index is 9.74. The van der Waals surface area contributed by atoms with Crippen LogP contribution in [0.3, 0.4) is 0 Å². The van der Waals surface area contributed by atoms with Gasteiger partial charge in [0, 0.05) is 0 Å². The average Bonchev–Trinajstić information content (AvgIpc) is 2.10. The highest BCUT2D eigenvalue weighted by Crippen LogP contribution is 2.23. The van der Waals surface area contributed by atoms with Gasteiger partial charge in [-0.1, -0.05) is 21.6 Å². The largest absolute Gasteiger partial charge is 0.506 e. The Morgan fingerprint density at radius 3 is 2.77 bits per heavy atom. The standard InChI is InChI=1S/C8H10OS4/c1-6-4-3-5-7(8(6)9)13(2)12-11-10/h3-5,9H,1-2H3. The number of phenols is 1. The highest BCUT2D eigenvalue weighted by Gasteiger charge is 2.03. The molecule has 0 heterocycles. The molecule has 0 spiro atoms. The zero-order valence-electron chi connectivity index (χ0n) is 7.31. The minimum absolute atomic E-state index is 0.0298. The second-order valence-corrected chi connectivity index (χ2v) is 8.90. The fourth-order valence-electron chi connectivity index (χ4n) is 0.942. The molecule has 0 bridgehead atoms. The van der Waals surface area contributed by atoms with Crippen molar-refractivity contribution in [1.82, 2.24) is 0 Å². The molecule has 0 saturated heterocycles. The lowest BCUT2D eigenvalue weighted by Gasteiger charge is -2.04. The lowest BCUT2D eigenvalue weighted by molar-refractivity contribution is 0.458. The van der Waals surface area contributed by atoms with E-state index in [4.69, 9.17) is 11.2 Å². The Kier molecular flexibility index (Phi) is 4.31. The highest BCUT2D eigenvalue weighted by atomic mass is 33.2. The smallest absolute Gasteiger partial charge is 0.132 e. The molecule has 1 aromatic rings. The van der Waals surface area contributed by atoms with Crippen molar-refractivity contribution in [3.63, 3.8) is 0 Å². The fourth-order valence-corrected chi connectivity index (χ4v) is 6.34. The molecule has 0 saturated carbocycles.